The van der Waals surface area contributed by atoms with Crippen molar-refractivity contribution in [2.75, 3.05) is 0 Å². The number of pyridine rings is 1. The molecule has 1 aromatic heterocycles. The molecule has 2 nitrogen and oxygen atoms in total. The zero-order valence-corrected chi connectivity index (χ0v) is 5.99. The van der Waals surface area contributed by atoms with Crippen LogP contribution in [-0.4, -0.2) is 10.1 Å². The van der Waals surface area contributed by atoms with Gasteiger partial charge in [0.15, 0.2) is 10.9 Å². The van der Waals surface area contributed by atoms with Crippen molar-refractivity contribution >= 4 is 24.0 Å². The predicted molar refractivity (Wildman–Crippen MR) is 38.2 cm³/mol. The normalized spacial score (nSPS) is 8.11. The number of rotatable bonds is 0. The Balaban J connectivity index is 0.000000640. The zero-order chi connectivity index (χ0) is 5.98. The zero-order valence-electron chi connectivity index (χ0n) is 4.41. The highest BCUT2D eigenvalue weighted by Crippen LogP contribution is 2.16. The summed E-state index contributed by atoms with van der Waals surface area (Å²) in [6.07, 6.45) is 1.52. The van der Waals surface area contributed by atoms with E-state index in [1.54, 1.807) is 6.07 Å². The van der Waals surface area contributed by atoms with E-state index in [0.717, 1.165) is 0 Å². The van der Waals surface area contributed by atoms with Crippen molar-refractivity contribution in [3.05, 3.63) is 23.5 Å². The van der Waals surface area contributed by atoms with Crippen molar-refractivity contribution in [1.82, 2.24) is 4.98 Å². The maximum atomic E-state index is 8.72. The van der Waals surface area contributed by atoms with Crippen molar-refractivity contribution < 1.29 is 5.11 Å². The van der Waals surface area contributed by atoms with Gasteiger partial charge in [0.05, 0.1) is 0 Å². The highest BCUT2D eigenvalue weighted by atomic mass is 35.5. The van der Waals surface area contributed by atoms with Gasteiger partial charge in [-0.1, -0.05) is 11.6 Å². The fraction of sp³-hybridized carbons (Fsp3) is 0. The van der Waals surface area contributed by atoms with Crippen LogP contribution in [0.3, 0.4) is 0 Å². The lowest BCUT2D eigenvalue weighted by atomic mass is 10.5. The monoisotopic (exact) mass is 165 g/mol. The minimum Gasteiger partial charge on any atom is -0.505 e. The Morgan fingerprint density at radius 1 is 1.56 bits per heavy atom. The molecule has 1 aromatic rings. The summed E-state index contributed by atoms with van der Waals surface area (Å²) in [4.78, 5) is 3.59. The Kier molecular flexibility index (Phi) is 3.35. The quantitative estimate of drug-likeness (QED) is 0.596. The van der Waals surface area contributed by atoms with Gasteiger partial charge in [-0.05, 0) is 12.1 Å². The number of aromatic hydroxyl groups is 1. The van der Waals surface area contributed by atoms with E-state index in [1.165, 1.54) is 12.3 Å². The van der Waals surface area contributed by atoms with E-state index in [4.69, 9.17) is 16.7 Å². The van der Waals surface area contributed by atoms with Gasteiger partial charge in [-0.25, -0.2) is 4.98 Å². The van der Waals surface area contributed by atoms with Crippen LogP contribution in [0.1, 0.15) is 0 Å². The molecule has 0 spiro atoms. The highest BCUT2D eigenvalue weighted by Gasteiger charge is 1.91. The average Bonchev–Trinajstić information content (AvgIpc) is 1.77. The van der Waals surface area contributed by atoms with Crippen LogP contribution in [0.15, 0.2) is 18.3 Å². The summed E-state index contributed by atoms with van der Waals surface area (Å²) in [6, 6.07) is 3.09. The summed E-state index contributed by atoms with van der Waals surface area (Å²) in [5.41, 5.74) is 0. The molecule has 9 heavy (non-hydrogen) atoms. The topological polar surface area (TPSA) is 33.1 Å². The minimum atomic E-state index is 0. The second kappa shape index (κ2) is 3.54. The van der Waals surface area contributed by atoms with Crippen LogP contribution in [0.4, 0.5) is 0 Å². The van der Waals surface area contributed by atoms with Crippen molar-refractivity contribution in [3.63, 3.8) is 0 Å². The Bertz CT molecular complexity index is 171. The van der Waals surface area contributed by atoms with E-state index >= 15 is 0 Å². The lowest BCUT2D eigenvalue weighted by Gasteiger charge is -1.88. The Morgan fingerprint density at radius 2 is 2.22 bits per heavy atom. The fourth-order valence-electron chi connectivity index (χ4n) is 0.378. The summed E-state index contributed by atoms with van der Waals surface area (Å²) in [5, 5.41) is 8.87. The van der Waals surface area contributed by atoms with E-state index in [9.17, 15) is 0 Å². The fourth-order valence-corrected chi connectivity index (χ4v) is 0.497. The van der Waals surface area contributed by atoms with Gasteiger partial charge in [0.2, 0.25) is 0 Å². The van der Waals surface area contributed by atoms with Crippen molar-refractivity contribution in [2.24, 2.45) is 0 Å². The Hall–Kier alpha value is -0.470. The first-order valence-corrected chi connectivity index (χ1v) is 2.48. The summed E-state index contributed by atoms with van der Waals surface area (Å²) >= 11 is 5.35. The van der Waals surface area contributed by atoms with Crippen LogP contribution in [0.5, 0.6) is 5.75 Å². The van der Waals surface area contributed by atoms with Crippen LogP contribution in [-0.2, 0) is 0 Å². The first kappa shape index (κ1) is 8.53. The van der Waals surface area contributed by atoms with E-state index < -0.39 is 0 Å². The molecule has 0 aromatic carbocycles. The van der Waals surface area contributed by atoms with E-state index in [1.807, 2.05) is 0 Å². The van der Waals surface area contributed by atoms with Crippen molar-refractivity contribution in [1.29, 1.82) is 0 Å². The van der Waals surface area contributed by atoms with Gasteiger partial charge in [-0.15, -0.1) is 12.4 Å². The molecular formula is C5H5Cl2NO. The third kappa shape index (κ3) is 2.08. The van der Waals surface area contributed by atoms with Crippen molar-refractivity contribution in [2.45, 2.75) is 0 Å². The largest absolute Gasteiger partial charge is 0.505 e. The number of hydrogen-bond donors (Lipinski definition) is 1. The molecule has 0 radical (unpaired) electrons. The van der Waals surface area contributed by atoms with Crippen LogP contribution >= 0.6 is 24.0 Å². The molecular weight excluding hydrogens is 161 g/mol. The second-order valence-electron chi connectivity index (χ2n) is 1.31. The molecule has 0 saturated carbocycles. The predicted octanol–water partition coefficient (Wildman–Crippen LogP) is 1.86. The van der Waals surface area contributed by atoms with Crippen LogP contribution in [0.25, 0.3) is 0 Å². The number of hydrogen-bond acceptors (Lipinski definition) is 2. The average molecular weight is 166 g/mol. The molecule has 0 bridgehead atoms. The molecule has 0 aliphatic carbocycles. The number of nitrogens with zero attached hydrogens (tertiary/aromatic N) is 1. The maximum absolute atomic E-state index is 8.72. The van der Waals surface area contributed by atoms with Gasteiger partial charge in [-0.2, -0.15) is 0 Å². The van der Waals surface area contributed by atoms with Gasteiger partial charge in [-0.3, -0.25) is 0 Å². The van der Waals surface area contributed by atoms with Crippen LogP contribution in [0.2, 0.25) is 5.15 Å². The van der Waals surface area contributed by atoms with Crippen LogP contribution in [0, 0.1) is 0 Å². The molecule has 0 atom stereocenters. The van der Waals surface area contributed by atoms with E-state index in [0.29, 0.717) is 0 Å². The molecule has 0 aliphatic rings. The van der Waals surface area contributed by atoms with Crippen LogP contribution < -0.4 is 0 Å². The summed E-state index contributed by atoms with van der Waals surface area (Å²) in [7, 11) is 0. The third-order valence-corrected chi connectivity index (χ3v) is 1.03. The molecule has 0 fully saturated rings. The first-order chi connectivity index (χ1) is 3.80. The Morgan fingerprint density at radius 3 is 2.56 bits per heavy atom. The molecule has 4 heteroatoms. The van der Waals surface area contributed by atoms with Gasteiger partial charge >= 0.3 is 0 Å². The summed E-state index contributed by atoms with van der Waals surface area (Å²) < 4.78 is 0. The molecule has 1 rings (SSSR count). The summed E-state index contributed by atoms with van der Waals surface area (Å²) in [5.74, 6) is 0.0224. The third-order valence-electron chi connectivity index (χ3n) is 0.739. The SMILES string of the molecule is Cl.Oc1cccnc1Cl. The molecule has 0 amide bonds. The van der Waals surface area contributed by atoms with Gasteiger partial charge in [0, 0.05) is 6.20 Å². The second-order valence-corrected chi connectivity index (χ2v) is 1.67. The van der Waals surface area contributed by atoms with Gasteiger partial charge in [0.25, 0.3) is 0 Å². The Labute approximate surface area is 63.9 Å². The minimum absolute atomic E-state index is 0. The lowest BCUT2D eigenvalue weighted by molar-refractivity contribution is 0.473. The number of halogens is 2. The molecule has 50 valence electrons. The molecule has 0 unspecified atom stereocenters. The molecule has 1 heterocycles. The highest BCUT2D eigenvalue weighted by molar-refractivity contribution is 6.30. The first-order valence-electron chi connectivity index (χ1n) is 2.10. The van der Waals surface area contributed by atoms with Gasteiger partial charge in [0.1, 0.15) is 0 Å². The molecule has 0 saturated heterocycles. The smallest absolute Gasteiger partial charge is 0.170 e. The van der Waals surface area contributed by atoms with E-state index in [-0.39, 0.29) is 23.3 Å². The lowest BCUT2D eigenvalue weighted by Crippen LogP contribution is -1.70. The standard InChI is InChI=1S/C5H4ClNO.ClH/c6-5-4(8)2-1-3-7-5;/h1-3,8H;1H. The van der Waals surface area contributed by atoms with E-state index in [2.05, 4.69) is 4.98 Å². The number of aromatic nitrogens is 1. The van der Waals surface area contributed by atoms with Gasteiger partial charge < -0.3 is 5.11 Å². The molecule has 0 aliphatic heterocycles. The maximum Gasteiger partial charge on any atom is 0.170 e. The summed E-state index contributed by atoms with van der Waals surface area (Å²) in [6.45, 7) is 0. The molecule has 1 N–H and O–H groups in total. The van der Waals surface area contributed by atoms with Crippen molar-refractivity contribution in [3.8, 4) is 5.75 Å².